The van der Waals surface area contributed by atoms with Crippen LogP contribution in [0.3, 0.4) is 0 Å². The summed E-state index contributed by atoms with van der Waals surface area (Å²) < 4.78 is 4.95. The van der Waals surface area contributed by atoms with Crippen LogP contribution in [0.5, 0.6) is 0 Å². The highest BCUT2D eigenvalue weighted by atomic mass is 16.5. The first-order valence-electron chi connectivity index (χ1n) is 6.26. The van der Waals surface area contributed by atoms with Gasteiger partial charge in [0.2, 0.25) is 0 Å². The number of ether oxygens (including phenoxy) is 1. The van der Waals surface area contributed by atoms with Crippen molar-refractivity contribution in [3.63, 3.8) is 0 Å². The van der Waals surface area contributed by atoms with Crippen LogP contribution in [0, 0.1) is 0 Å². The number of hydrogen-bond acceptors (Lipinski definition) is 3. The zero-order valence-corrected chi connectivity index (χ0v) is 10.2. The largest absolute Gasteiger partial charge is 0.455 e. The molecule has 2 atom stereocenters. The summed E-state index contributed by atoms with van der Waals surface area (Å²) in [5.41, 5.74) is 0.447. The molecule has 0 saturated carbocycles. The first kappa shape index (κ1) is 13.2. The molecule has 1 aliphatic heterocycles. The number of carbonyl (C=O) groups excluding carboxylic acids is 1. The summed E-state index contributed by atoms with van der Waals surface area (Å²) in [6, 6.07) is 0. The minimum absolute atomic E-state index is 0.183. The number of hydrogen-bond donors (Lipinski definition) is 1. The minimum Gasteiger partial charge on any atom is -0.455 e. The zero-order chi connectivity index (χ0) is 12.0. The molecule has 1 rings (SSSR count). The van der Waals surface area contributed by atoms with Crippen molar-refractivity contribution in [1.82, 2.24) is 0 Å². The van der Waals surface area contributed by atoms with E-state index in [4.69, 9.17) is 4.74 Å². The molecule has 0 saturated heterocycles. The Morgan fingerprint density at radius 2 is 2.06 bits per heavy atom. The predicted octanol–water partition coefficient (Wildman–Crippen LogP) is 2.58. The topological polar surface area (TPSA) is 46.5 Å². The smallest absolute Gasteiger partial charge is 0.337 e. The molecule has 1 aliphatic rings. The van der Waals surface area contributed by atoms with Gasteiger partial charge in [-0.2, -0.15) is 0 Å². The Labute approximate surface area is 97.5 Å². The maximum Gasteiger partial charge on any atom is 0.337 e. The highest BCUT2D eigenvalue weighted by molar-refractivity contribution is 5.91. The summed E-state index contributed by atoms with van der Waals surface area (Å²) >= 11 is 0. The number of cyclic esters (lactones) is 1. The molecule has 0 fully saturated rings. The molecule has 0 bridgehead atoms. The van der Waals surface area contributed by atoms with Gasteiger partial charge in [0, 0.05) is 0 Å². The molecule has 1 heterocycles. The Kier molecular flexibility index (Phi) is 5.53. The molecule has 92 valence electrons. The number of esters is 1. The van der Waals surface area contributed by atoms with Gasteiger partial charge >= 0.3 is 5.97 Å². The van der Waals surface area contributed by atoms with Gasteiger partial charge in [0.1, 0.15) is 6.10 Å². The van der Waals surface area contributed by atoms with Crippen LogP contribution >= 0.6 is 0 Å². The number of aliphatic hydroxyl groups is 1. The average Bonchev–Trinajstić information content (AvgIpc) is 2.57. The molecule has 16 heavy (non-hydrogen) atoms. The number of carbonyl (C=O) groups is 1. The van der Waals surface area contributed by atoms with Crippen molar-refractivity contribution < 1.29 is 14.6 Å². The van der Waals surface area contributed by atoms with Gasteiger partial charge in [-0.3, -0.25) is 0 Å². The Balaban J connectivity index is 2.22. The third-order valence-electron chi connectivity index (χ3n) is 2.88. The standard InChI is InChI=1S/C13H22O3/c1-3-4-5-6-7-8-12(14)11-9-10(2)16-13(11)15/h9-10,12,14H,3-8H2,1-2H3/t10-,12-/m0/s1. The molecular formula is C13H22O3. The van der Waals surface area contributed by atoms with Crippen LogP contribution in [0.25, 0.3) is 0 Å². The molecule has 0 aromatic carbocycles. The van der Waals surface area contributed by atoms with E-state index in [1.54, 1.807) is 13.0 Å². The van der Waals surface area contributed by atoms with Gasteiger partial charge in [0.15, 0.2) is 0 Å². The molecule has 0 aromatic rings. The molecule has 0 radical (unpaired) electrons. The molecule has 0 spiro atoms. The van der Waals surface area contributed by atoms with Crippen molar-refractivity contribution in [1.29, 1.82) is 0 Å². The van der Waals surface area contributed by atoms with E-state index in [2.05, 4.69) is 6.92 Å². The van der Waals surface area contributed by atoms with E-state index >= 15 is 0 Å². The van der Waals surface area contributed by atoms with Gasteiger partial charge in [-0.1, -0.05) is 39.0 Å². The fourth-order valence-corrected chi connectivity index (χ4v) is 1.94. The lowest BCUT2D eigenvalue weighted by molar-refractivity contribution is -0.139. The molecule has 3 heteroatoms. The van der Waals surface area contributed by atoms with Gasteiger partial charge in [-0.05, 0) is 19.4 Å². The van der Waals surface area contributed by atoms with E-state index < -0.39 is 6.10 Å². The number of rotatable bonds is 7. The van der Waals surface area contributed by atoms with E-state index in [1.807, 2.05) is 0 Å². The normalized spacial score (nSPS) is 21.8. The fourth-order valence-electron chi connectivity index (χ4n) is 1.94. The molecule has 0 aromatic heterocycles. The van der Waals surface area contributed by atoms with Crippen molar-refractivity contribution in [2.45, 2.75) is 64.6 Å². The Morgan fingerprint density at radius 3 is 2.62 bits per heavy atom. The van der Waals surface area contributed by atoms with Crippen LogP contribution in [0.2, 0.25) is 0 Å². The van der Waals surface area contributed by atoms with Crippen LogP contribution in [-0.2, 0) is 9.53 Å². The molecule has 0 amide bonds. The maximum atomic E-state index is 11.3. The van der Waals surface area contributed by atoms with Gasteiger partial charge in [-0.25, -0.2) is 4.79 Å². The molecular weight excluding hydrogens is 204 g/mol. The first-order chi connectivity index (χ1) is 7.65. The van der Waals surface area contributed by atoms with Crippen molar-refractivity contribution in [2.24, 2.45) is 0 Å². The van der Waals surface area contributed by atoms with Gasteiger partial charge in [-0.15, -0.1) is 0 Å². The SMILES string of the molecule is CCCCCCC[C@H](O)C1=C[C@H](C)OC1=O. The average molecular weight is 226 g/mol. The Morgan fingerprint density at radius 1 is 1.38 bits per heavy atom. The second kappa shape index (κ2) is 6.69. The monoisotopic (exact) mass is 226 g/mol. The van der Waals surface area contributed by atoms with Crippen LogP contribution in [0.15, 0.2) is 11.6 Å². The second-order valence-electron chi connectivity index (χ2n) is 4.45. The molecule has 1 N–H and O–H groups in total. The maximum absolute atomic E-state index is 11.3. The highest BCUT2D eigenvalue weighted by Crippen LogP contribution is 2.20. The third-order valence-corrected chi connectivity index (χ3v) is 2.88. The second-order valence-corrected chi connectivity index (χ2v) is 4.45. The summed E-state index contributed by atoms with van der Waals surface area (Å²) in [6.07, 6.45) is 7.34. The van der Waals surface area contributed by atoms with E-state index in [1.165, 1.54) is 19.3 Å². The first-order valence-corrected chi connectivity index (χ1v) is 6.26. The Hall–Kier alpha value is -0.830. The van der Waals surface area contributed by atoms with Crippen LogP contribution in [-0.4, -0.2) is 23.3 Å². The number of aliphatic hydroxyl groups excluding tert-OH is 1. The summed E-state index contributed by atoms with van der Waals surface area (Å²) in [6.45, 7) is 3.98. The van der Waals surface area contributed by atoms with Crippen LogP contribution in [0.1, 0.15) is 52.4 Å². The minimum atomic E-state index is -0.640. The van der Waals surface area contributed by atoms with Gasteiger partial charge in [0.25, 0.3) is 0 Å². The summed E-state index contributed by atoms with van der Waals surface area (Å²) in [4.78, 5) is 11.3. The van der Waals surface area contributed by atoms with Crippen molar-refractivity contribution in [3.05, 3.63) is 11.6 Å². The summed E-state index contributed by atoms with van der Waals surface area (Å²) in [5, 5.41) is 9.82. The van der Waals surface area contributed by atoms with Crippen LogP contribution < -0.4 is 0 Å². The van der Waals surface area contributed by atoms with Crippen molar-refractivity contribution in [2.75, 3.05) is 0 Å². The third kappa shape index (κ3) is 3.97. The lowest BCUT2D eigenvalue weighted by Crippen LogP contribution is -2.16. The predicted molar refractivity (Wildman–Crippen MR) is 63.0 cm³/mol. The van der Waals surface area contributed by atoms with Gasteiger partial charge < -0.3 is 9.84 Å². The van der Waals surface area contributed by atoms with Gasteiger partial charge in [0.05, 0.1) is 11.7 Å². The van der Waals surface area contributed by atoms with Crippen molar-refractivity contribution >= 4 is 5.97 Å². The molecule has 3 nitrogen and oxygen atoms in total. The van der Waals surface area contributed by atoms with E-state index in [-0.39, 0.29) is 12.1 Å². The van der Waals surface area contributed by atoms with E-state index in [9.17, 15) is 9.90 Å². The number of unbranched alkanes of at least 4 members (excludes halogenated alkanes) is 4. The van der Waals surface area contributed by atoms with E-state index in [0.717, 1.165) is 12.8 Å². The quantitative estimate of drug-likeness (QED) is 0.536. The van der Waals surface area contributed by atoms with Crippen molar-refractivity contribution in [3.8, 4) is 0 Å². The fraction of sp³-hybridized carbons (Fsp3) is 0.769. The highest BCUT2D eigenvalue weighted by Gasteiger charge is 2.27. The summed E-state index contributed by atoms with van der Waals surface area (Å²) in [5.74, 6) is -0.353. The Bertz CT molecular complexity index is 258. The lowest BCUT2D eigenvalue weighted by atomic mass is 10.0. The lowest BCUT2D eigenvalue weighted by Gasteiger charge is -2.09. The molecule has 0 unspecified atom stereocenters. The van der Waals surface area contributed by atoms with E-state index in [0.29, 0.717) is 12.0 Å². The zero-order valence-electron chi connectivity index (χ0n) is 10.2. The molecule has 0 aliphatic carbocycles. The van der Waals surface area contributed by atoms with Crippen LogP contribution in [0.4, 0.5) is 0 Å². The summed E-state index contributed by atoms with van der Waals surface area (Å²) in [7, 11) is 0.